The summed E-state index contributed by atoms with van der Waals surface area (Å²) < 4.78 is 15.6. The quantitative estimate of drug-likeness (QED) is 0.513. The van der Waals surface area contributed by atoms with Crippen molar-refractivity contribution < 1.29 is 19.0 Å². The van der Waals surface area contributed by atoms with E-state index in [1.54, 1.807) is 33.5 Å². The number of nitrogens with one attached hydrogen (secondary N) is 2. The molecule has 0 spiro atoms. The molecule has 0 unspecified atom stereocenters. The third kappa shape index (κ3) is 5.68. The van der Waals surface area contributed by atoms with Crippen molar-refractivity contribution in [2.45, 2.75) is 6.42 Å². The first kappa shape index (κ1) is 20.6. The number of nitriles is 1. The zero-order chi connectivity index (χ0) is 20.4. The van der Waals surface area contributed by atoms with Gasteiger partial charge in [-0.05, 0) is 36.2 Å². The first-order chi connectivity index (χ1) is 13.6. The van der Waals surface area contributed by atoms with Crippen LogP contribution in [0.25, 0.3) is 0 Å². The summed E-state index contributed by atoms with van der Waals surface area (Å²) in [6.45, 7) is 0.381. The van der Waals surface area contributed by atoms with Gasteiger partial charge in [-0.25, -0.2) is 0 Å². The number of amides is 1. The normalized spacial score (nSPS) is 10.6. The van der Waals surface area contributed by atoms with E-state index < -0.39 is 5.91 Å². The minimum atomic E-state index is -0.446. The summed E-state index contributed by atoms with van der Waals surface area (Å²) in [6, 6.07) is 14.7. The lowest BCUT2D eigenvalue weighted by Crippen LogP contribution is -2.27. The fraction of sp³-hybridized carbons (Fsp3) is 0.238. The Kier molecular flexibility index (Phi) is 7.73. The average Bonchev–Trinajstić information content (AvgIpc) is 2.74. The maximum absolute atomic E-state index is 12.2. The van der Waals surface area contributed by atoms with Crippen molar-refractivity contribution in [3.63, 3.8) is 0 Å². The minimum absolute atomic E-state index is 0.0184. The molecule has 0 aromatic heterocycles. The fourth-order valence-electron chi connectivity index (χ4n) is 2.47. The number of carbonyl (C=O) groups is 1. The highest BCUT2D eigenvalue weighted by Gasteiger charge is 2.09. The van der Waals surface area contributed by atoms with Gasteiger partial charge in [-0.2, -0.15) is 5.26 Å². The molecule has 0 fully saturated rings. The summed E-state index contributed by atoms with van der Waals surface area (Å²) in [4.78, 5) is 12.2. The monoisotopic (exact) mass is 381 g/mol. The maximum Gasteiger partial charge on any atom is 0.263 e. The Morgan fingerprint density at radius 2 is 1.86 bits per heavy atom. The molecule has 0 aliphatic heterocycles. The molecule has 2 rings (SSSR count). The second kappa shape index (κ2) is 10.5. The van der Waals surface area contributed by atoms with Gasteiger partial charge in [0.25, 0.3) is 5.91 Å². The van der Waals surface area contributed by atoms with Crippen LogP contribution in [0.1, 0.15) is 5.56 Å². The highest BCUT2D eigenvalue weighted by atomic mass is 16.5. The first-order valence-corrected chi connectivity index (χ1v) is 8.61. The molecule has 2 aromatic rings. The predicted octanol–water partition coefficient (Wildman–Crippen LogP) is 2.89. The number of benzene rings is 2. The lowest BCUT2D eigenvalue weighted by molar-refractivity contribution is -0.117. The molecule has 0 saturated heterocycles. The van der Waals surface area contributed by atoms with Gasteiger partial charge < -0.3 is 24.8 Å². The van der Waals surface area contributed by atoms with Crippen LogP contribution >= 0.6 is 0 Å². The van der Waals surface area contributed by atoms with Crippen molar-refractivity contribution in [1.82, 2.24) is 5.32 Å². The van der Waals surface area contributed by atoms with Gasteiger partial charge in [0, 0.05) is 24.5 Å². The van der Waals surface area contributed by atoms with E-state index in [1.165, 1.54) is 6.20 Å². The summed E-state index contributed by atoms with van der Waals surface area (Å²) in [5.41, 5.74) is 1.68. The molecule has 0 radical (unpaired) electrons. The molecule has 0 aliphatic carbocycles. The maximum atomic E-state index is 12.2. The number of nitrogens with zero attached hydrogens (tertiary/aromatic N) is 1. The zero-order valence-corrected chi connectivity index (χ0v) is 16.1. The second-order valence-corrected chi connectivity index (χ2v) is 5.74. The smallest absolute Gasteiger partial charge is 0.263 e. The highest BCUT2D eigenvalue weighted by molar-refractivity contribution is 5.97. The Hall–Kier alpha value is -3.66. The predicted molar refractivity (Wildman–Crippen MR) is 107 cm³/mol. The van der Waals surface area contributed by atoms with Crippen LogP contribution in [-0.4, -0.2) is 33.8 Å². The Balaban J connectivity index is 1.92. The van der Waals surface area contributed by atoms with Crippen molar-refractivity contribution in [2.24, 2.45) is 0 Å². The summed E-state index contributed by atoms with van der Waals surface area (Å²) in [6.07, 6.45) is 1.97. The van der Waals surface area contributed by atoms with Gasteiger partial charge in [-0.15, -0.1) is 0 Å². The van der Waals surface area contributed by atoms with Gasteiger partial charge in [-0.3, -0.25) is 4.79 Å². The summed E-state index contributed by atoms with van der Waals surface area (Å²) in [7, 11) is 4.72. The summed E-state index contributed by atoms with van der Waals surface area (Å²) in [5.74, 6) is 1.51. The van der Waals surface area contributed by atoms with E-state index in [2.05, 4.69) is 10.6 Å². The number of hydrogen-bond acceptors (Lipinski definition) is 6. The van der Waals surface area contributed by atoms with E-state index in [4.69, 9.17) is 14.2 Å². The number of rotatable bonds is 9. The van der Waals surface area contributed by atoms with E-state index in [0.29, 0.717) is 35.9 Å². The topological polar surface area (TPSA) is 92.6 Å². The molecule has 0 atom stereocenters. The van der Waals surface area contributed by atoms with Gasteiger partial charge in [-0.1, -0.05) is 12.1 Å². The van der Waals surface area contributed by atoms with Crippen molar-refractivity contribution in [3.05, 3.63) is 59.8 Å². The fourth-order valence-corrected chi connectivity index (χ4v) is 2.47. The van der Waals surface area contributed by atoms with Crippen molar-refractivity contribution in [1.29, 1.82) is 5.26 Å². The van der Waals surface area contributed by atoms with Gasteiger partial charge in [0.1, 0.15) is 17.4 Å². The SMILES string of the molecule is COc1cccc(N/C=C(/C#N)C(=O)NCCc2ccc(OC)c(OC)c2)c1. The second-order valence-electron chi connectivity index (χ2n) is 5.74. The molecule has 2 aromatic carbocycles. The molecule has 0 aliphatic rings. The van der Waals surface area contributed by atoms with Crippen LogP contribution in [0.3, 0.4) is 0 Å². The molecule has 0 saturated carbocycles. The highest BCUT2D eigenvalue weighted by Crippen LogP contribution is 2.27. The number of hydrogen-bond donors (Lipinski definition) is 2. The van der Waals surface area contributed by atoms with Crippen LogP contribution in [0.4, 0.5) is 5.69 Å². The van der Waals surface area contributed by atoms with E-state index in [1.807, 2.05) is 36.4 Å². The van der Waals surface area contributed by atoms with E-state index in [0.717, 1.165) is 5.56 Å². The molecule has 7 nitrogen and oxygen atoms in total. The van der Waals surface area contributed by atoms with Gasteiger partial charge in [0.05, 0.1) is 21.3 Å². The Labute approximate surface area is 164 Å². The van der Waals surface area contributed by atoms with Crippen LogP contribution in [0.2, 0.25) is 0 Å². The zero-order valence-electron chi connectivity index (χ0n) is 16.1. The lowest BCUT2D eigenvalue weighted by Gasteiger charge is -2.10. The largest absolute Gasteiger partial charge is 0.497 e. The number of carbonyl (C=O) groups excluding carboxylic acids is 1. The molecule has 0 heterocycles. The third-order valence-electron chi connectivity index (χ3n) is 3.97. The molecule has 1 amide bonds. The van der Waals surface area contributed by atoms with Crippen molar-refractivity contribution in [2.75, 3.05) is 33.2 Å². The molecule has 28 heavy (non-hydrogen) atoms. The molecule has 7 heteroatoms. The van der Waals surface area contributed by atoms with Crippen LogP contribution < -0.4 is 24.8 Å². The van der Waals surface area contributed by atoms with Crippen LogP contribution in [-0.2, 0) is 11.2 Å². The van der Waals surface area contributed by atoms with Crippen molar-refractivity contribution >= 4 is 11.6 Å². The molecular weight excluding hydrogens is 358 g/mol. The van der Waals surface area contributed by atoms with E-state index in [9.17, 15) is 10.1 Å². The van der Waals surface area contributed by atoms with Gasteiger partial charge in [0.15, 0.2) is 11.5 Å². The average molecular weight is 381 g/mol. The minimum Gasteiger partial charge on any atom is -0.497 e. The van der Waals surface area contributed by atoms with Gasteiger partial charge in [0.2, 0.25) is 0 Å². The van der Waals surface area contributed by atoms with E-state index in [-0.39, 0.29) is 5.57 Å². The molecule has 2 N–H and O–H groups in total. The molecular formula is C21H23N3O4. The Bertz CT molecular complexity index is 887. The summed E-state index contributed by atoms with van der Waals surface area (Å²) in [5, 5.41) is 14.9. The van der Waals surface area contributed by atoms with Gasteiger partial charge >= 0.3 is 0 Å². The number of methoxy groups -OCH3 is 3. The molecule has 0 bridgehead atoms. The molecule has 146 valence electrons. The van der Waals surface area contributed by atoms with Crippen LogP contribution in [0.15, 0.2) is 54.2 Å². The third-order valence-corrected chi connectivity index (χ3v) is 3.97. The standard InChI is InChI=1S/C21H23N3O4/c1-26-18-6-4-5-17(12-18)24-14-16(13-22)21(25)23-10-9-15-7-8-19(27-2)20(11-15)28-3/h4-8,11-12,14,24H,9-10H2,1-3H3,(H,23,25)/b16-14-. The Morgan fingerprint density at radius 3 is 2.54 bits per heavy atom. The van der Waals surface area contributed by atoms with Crippen LogP contribution in [0, 0.1) is 11.3 Å². The van der Waals surface area contributed by atoms with E-state index >= 15 is 0 Å². The summed E-state index contributed by atoms with van der Waals surface area (Å²) >= 11 is 0. The lowest BCUT2D eigenvalue weighted by atomic mass is 10.1. The first-order valence-electron chi connectivity index (χ1n) is 8.61. The van der Waals surface area contributed by atoms with Crippen molar-refractivity contribution in [3.8, 4) is 23.3 Å². The number of anilines is 1. The Morgan fingerprint density at radius 1 is 1.07 bits per heavy atom. The number of ether oxygens (including phenoxy) is 3. The van der Waals surface area contributed by atoms with Crippen LogP contribution in [0.5, 0.6) is 17.2 Å².